The van der Waals surface area contributed by atoms with Crippen LogP contribution in [0.2, 0.25) is 0 Å². The number of hydrogen-bond acceptors (Lipinski definition) is 6. The second kappa shape index (κ2) is 10.1. The molecule has 8 heteroatoms. The molecule has 3 aromatic carbocycles. The largest absolute Gasteiger partial charge is 0.497 e. The quantitative estimate of drug-likeness (QED) is 0.460. The van der Waals surface area contributed by atoms with E-state index >= 15 is 0 Å². The molecule has 0 spiro atoms. The fourth-order valence-electron chi connectivity index (χ4n) is 4.10. The van der Waals surface area contributed by atoms with Gasteiger partial charge in [-0.15, -0.1) is 0 Å². The molecule has 0 unspecified atom stereocenters. The Morgan fingerprint density at radius 2 is 1.51 bits per heavy atom. The fraction of sp³-hybridized carbons (Fsp3) is 0.185. The third-order valence-corrected chi connectivity index (χ3v) is 7.49. The summed E-state index contributed by atoms with van der Waals surface area (Å²) in [5.41, 5.74) is 1.08. The van der Waals surface area contributed by atoms with E-state index in [1.807, 2.05) is 0 Å². The van der Waals surface area contributed by atoms with Crippen LogP contribution in [-0.2, 0) is 24.3 Å². The van der Waals surface area contributed by atoms with Gasteiger partial charge in [0.1, 0.15) is 5.75 Å². The number of amides is 1. The SMILES string of the molecule is CCOC(=O)[C@H]1C=C(c2ccccc2)N(S(=O)(=O)c2ccccc2)C(=O)[C@@H]1c1ccc(OC)cc1. The molecular formula is C27H25NO6S. The Balaban J connectivity index is 1.95. The first-order valence-corrected chi connectivity index (χ1v) is 12.5. The van der Waals surface area contributed by atoms with Gasteiger partial charge in [0.2, 0.25) is 5.91 Å². The molecule has 1 amide bonds. The van der Waals surface area contributed by atoms with Crippen LogP contribution in [0.1, 0.15) is 24.0 Å². The Kier molecular flexibility index (Phi) is 7.02. The Hall–Kier alpha value is -3.91. The average molecular weight is 492 g/mol. The van der Waals surface area contributed by atoms with E-state index in [9.17, 15) is 18.0 Å². The van der Waals surface area contributed by atoms with Crippen LogP contribution in [0.5, 0.6) is 5.75 Å². The summed E-state index contributed by atoms with van der Waals surface area (Å²) < 4.78 is 38.9. The van der Waals surface area contributed by atoms with Crippen molar-refractivity contribution in [3.05, 3.63) is 102 Å². The Labute approximate surface area is 204 Å². The number of carbonyl (C=O) groups excluding carboxylic acids is 2. The standard InChI is InChI=1S/C27H25NO6S/c1-3-34-27(30)23-18-24(19-10-6-4-7-11-19)28(35(31,32)22-12-8-5-9-13-22)26(29)25(23)20-14-16-21(33-2)17-15-20/h4-18,23,25H,3H2,1-2H3/t23-,25+/m0/s1. The zero-order chi connectivity index (χ0) is 25.0. The first kappa shape index (κ1) is 24.2. The molecule has 180 valence electrons. The van der Waals surface area contributed by atoms with E-state index < -0.39 is 33.7 Å². The van der Waals surface area contributed by atoms with Crippen LogP contribution >= 0.6 is 0 Å². The average Bonchev–Trinajstić information content (AvgIpc) is 2.89. The highest BCUT2D eigenvalue weighted by Crippen LogP contribution is 2.41. The van der Waals surface area contributed by atoms with Crippen LogP contribution in [0.3, 0.4) is 0 Å². The molecule has 0 N–H and O–H groups in total. The molecule has 0 saturated heterocycles. The first-order valence-electron chi connectivity index (χ1n) is 11.1. The zero-order valence-electron chi connectivity index (χ0n) is 19.3. The van der Waals surface area contributed by atoms with Crippen LogP contribution in [0.4, 0.5) is 0 Å². The van der Waals surface area contributed by atoms with Gasteiger partial charge in [-0.3, -0.25) is 9.59 Å². The summed E-state index contributed by atoms with van der Waals surface area (Å²) in [4.78, 5) is 27.1. The van der Waals surface area contributed by atoms with Crippen molar-refractivity contribution in [3.8, 4) is 5.75 Å². The molecule has 1 aliphatic rings. The van der Waals surface area contributed by atoms with Crippen LogP contribution in [-0.4, -0.2) is 38.3 Å². The monoisotopic (exact) mass is 491 g/mol. The number of nitrogens with zero attached hydrogens (tertiary/aromatic N) is 1. The minimum atomic E-state index is -4.28. The van der Waals surface area contributed by atoms with Gasteiger partial charge >= 0.3 is 5.97 Å². The maximum Gasteiger partial charge on any atom is 0.314 e. The summed E-state index contributed by atoms with van der Waals surface area (Å²) in [5, 5.41) is 0. The molecule has 0 saturated carbocycles. The van der Waals surface area contributed by atoms with Crippen molar-refractivity contribution < 1.29 is 27.5 Å². The molecule has 2 atom stereocenters. The summed E-state index contributed by atoms with van der Waals surface area (Å²) in [7, 11) is -2.77. The molecule has 1 aliphatic heterocycles. The van der Waals surface area contributed by atoms with Crippen LogP contribution < -0.4 is 4.74 Å². The van der Waals surface area contributed by atoms with Gasteiger partial charge in [0.05, 0.1) is 36.1 Å². The number of rotatable bonds is 7. The number of hydrogen-bond donors (Lipinski definition) is 0. The molecule has 1 heterocycles. The highest BCUT2D eigenvalue weighted by molar-refractivity contribution is 7.90. The van der Waals surface area contributed by atoms with E-state index in [0.717, 1.165) is 4.31 Å². The highest BCUT2D eigenvalue weighted by atomic mass is 32.2. The van der Waals surface area contributed by atoms with E-state index in [-0.39, 0.29) is 17.2 Å². The third-order valence-electron chi connectivity index (χ3n) is 5.77. The molecule has 35 heavy (non-hydrogen) atoms. The van der Waals surface area contributed by atoms with Crippen molar-refractivity contribution in [1.29, 1.82) is 0 Å². The van der Waals surface area contributed by atoms with Crippen LogP contribution in [0.25, 0.3) is 5.70 Å². The van der Waals surface area contributed by atoms with Gasteiger partial charge in [-0.2, -0.15) is 0 Å². The van der Waals surface area contributed by atoms with Gasteiger partial charge in [0.15, 0.2) is 0 Å². The lowest BCUT2D eigenvalue weighted by atomic mass is 9.81. The summed E-state index contributed by atoms with van der Waals surface area (Å²) in [6, 6.07) is 23.0. The summed E-state index contributed by atoms with van der Waals surface area (Å²) >= 11 is 0. The number of benzene rings is 3. The minimum absolute atomic E-state index is 0.0294. The molecule has 0 bridgehead atoms. The van der Waals surface area contributed by atoms with Gasteiger partial charge < -0.3 is 9.47 Å². The Morgan fingerprint density at radius 3 is 2.09 bits per heavy atom. The van der Waals surface area contributed by atoms with Crippen molar-refractivity contribution in [2.45, 2.75) is 17.7 Å². The lowest BCUT2D eigenvalue weighted by molar-refractivity contribution is -0.149. The van der Waals surface area contributed by atoms with E-state index in [4.69, 9.17) is 9.47 Å². The van der Waals surface area contributed by atoms with E-state index in [0.29, 0.717) is 16.9 Å². The van der Waals surface area contributed by atoms with Crippen LogP contribution in [0, 0.1) is 5.92 Å². The smallest absolute Gasteiger partial charge is 0.314 e. The van der Waals surface area contributed by atoms with Gasteiger partial charge in [0.25, 0.3) is 10.0 Å². The van der Waals surface area contributed by atoms with E-state index in [2.05, 4.69) is 0 Å². The third kappa shape index (κ3) is 4.70. The predicted molar refractivity (Wildman–Crippen MR) is 131 cm³/mol. The van der Waals surface area contributed by atoms with Crippen molar-refractivity contribution in [2.24, 2.45) is 5.92 Å². The first-order chi connectivity index (χ1) is 16.9. The van der Waals surface area contributed by atoms with Gasteiger partial charge in [-0.1, -0.05) is 60.7 Å². The lowest BCUT2D eigenvalue weighted by Gasteiger charge is -2.36. The van der Waals surface area contributed by atoms with Crippen molar-refractivity contribution in [3.63, 3.8) is 0 Å². The molecule has 0 aromatic heterocycles. The lowest BCUT2D eigenvalue weighted by Crippen LogP contribution is -2.45. The molecule has 7 nitrogen and oxygen atoms in total. The van der Waals surface area contributed by atoms with Gasteiger partial charge in [-0.05, 0) is 48.4 Å². The minimum Gasteiger partial charge on any atom is -0.497 e. The molecule has 0 radical (unpaired) electrons. The molecule has 4 rings (SSSR count). The molecular weight excluding hydrogens is 466 g/mol. The second-order valence-corrected chi connectivity index (χ2v) is 9.65. The maximum absolute atomic E-state index is 14.1. The maximum atomic E-state index is 14.1. The van der Waals surface area contributed by atoms with Crippen molar-refractivity contribution >= 4 is 27.6 Å². The molecule has 0 aliphatic carbocycles. The Bertz CT molecular complexity index is 1340. The normalized spacial score (nSPS) is 18.1. The van der Waals surface area contributed by atoms with E-state index in [1.54, 1.807) is 79.7 Å². The molecule has 0 fully saturated rings. The van der Waals surface area contributed by atoms with Crippen molar-refractivity contribution in [1.82, 2.24) is 4.31 Å². The number of esters is 1. The highest BCUT2D eigenvalue weighted by Gasteiger charge is 2.47. The number of ether oxygens (including phenoxy) is 2. The van der Waals surface area contributed by atoms with E-state index in [1.165, 1.54) is 25.3 Å². The Morgan fingerprint density at radius 1 is 0.914 bits per heavy atom. The summed E-state index contributed by atoms with van der Waals surface area (Å²) in [6.45, 7) is 1.80. The zero-order valence-corrected chi connectivity index (χ0v) is 20.1. The van der Waals surface area contributed by atoms with Gasteiger partial charge in [-0.25, -0.2) is 12.7 Å². The van der Waals surface area contributed by atoms with Crippen molar-refractivity contribution in [2.75, 3.05) is 13.7 Å². The molecule has 3 aromatic rings. The topological polar surface area (TPSA) is 90.0 Å². The predicted octanol–water partition coefficient (Wildman–Crippen LogP) is 4.23. The summed E-state index contributed by atoms with van der Waals surface area (Å²) in [6.07, 6.45) is 1.52. The number of carbonyl (C=O) groups is 2. The summed E-state index contributed by atoms with van der Waals surface area (Å²) in [5.74, 6) is -2.90. The number of sulfonamides is 1. The number of methoxy groups -OCH3 is 1. The van der Waals surface area contributed by atoms with Gasteiger partial charge in [0, 0.05) is 0 Å². The second-order valence-electron chi connectivity index (χ2n) is 7.87. The van der Waals surface area contributed by atoms with Crippen LogP contribution in [0.15, 0.2) is 95.9 Å². The fourth-order valence-corrected chi connectivity index (χ4v) is 5.59.